The number of Topliss-reactive ketones (excluding diaryl/α,β-unsaturated/α-hetero) is 1. The second kappa shape index (κ2) is 6.86. The Kier molecular flexibility index (Phi) is 4.63. The highest BCUT2D eigenvalue weighted by atomic mass is 32.1. The van der Waals surface area contributed by atoms with Crippen LogP contribution in [-0.4, -0.2) is 21.2 Å². The lowest BCUT2D eigenvalue weighted by molar-refractivity contribution is -0.118. The minimum Gasteiger partial charge on any atom is -0.330 e. The largest absolute Gasteiger partial charge is 0.330 e. The van der Waals surface area contributed by atoms with Crippen molar-refractivity contribution in [1.29, 1.82) is 0 Å². The number of aryl methyl sites for hydroxylation is 1. The minimum absolute atomic E-state index is 0.0316. The third-order valence-corrected chi connectivity index (χ3v) is 4.20. The molecule has 0 saturated heterocycles. The van der Waals surface area contributed by atoms with Crippen LogP contribution in [0, 0.1) is 11.7 Å². The number of amides is 1. The Balaban J connectivity index is 2.03. The SMILES string of the molecule is CC(=O)/C(=C\n1c(=S)[nH]c2ccccc21)C(=O)Nc1ccccc1C. The summed E-state index contributed by atoms with van der Waals surface area (Å²) < 4.78 is 2.06. The van der Waals surface area contributed by atoms with E-state index in [2.05, 4.69) is 10.3 Å². The number of hydrogen-bond donors (Lipinski definition) is 2. The highest BCUT2D eigenvalue weighted by Gasteiger charge is 2.16. The smallest absolute Gasteiger partial charge is 0.260 e. The van der Waals surface area contributed by atoms with Crippen molar-refractivity contribution in [2.45, 2.75) is 13.8 Å². The van der Waals surface area contributed by atoms with Gasteiger partial charge in [0.25, 0.3) is 5.91 Å². The number of aromatic nitrogens is 2. The molecule has 1 aromatic heterocycles. The van der Waals surface area contributed by atoms with Crippen LogP contribution in [0.4, 0.5) is 5.69 Å². The zero-order chi connectivity index (χ0) is 18.0. The van der Waals surface area contributed by atoms with E-state index in [1.54, 1.807) is 10.6 Å². The van der Waals surface area contributed by atoms with Gasteiger partial charge in [0.05, 0.1) is 16.6 Å². The molecule has 0 spiro atoms. The van der Waals surface area contributed by atoms with E-state index in [0.717, 1.165) is 16.6 Å². The highest BCUT2D eigenvalue weighted by Crippen LogP contribution is 2.18. The van der Waals surface area contributed by atoms with Gasteiger partial charge in [-0.3, -0.25) is 14.2 Å². The Labute approximate surface area is 150 Å². The van der Waals surface area contributed by atoms with Crippen LogP contribution in [0.25, 0.3) is 17.2 Å². The number of aromatic amines is 1. The predicted octanol–water partition coefficient (Wildman–Crippen LogP) is 4.08. The molecule has 0 bridgehead atoms. The Morgan fingerprint density at radius 1 is 1.12 bits per heavy atom. The number of imidazole rings is 1. The summed E-state index contributed by atoms with van der Waals surface area (Å²) in [6.45, 7) is 3.25. The van der Waals surface area contributed by atoms with Gasteiger partial charge in [0.1, 0.15) is 0 Å². The molecule has 2 N–H and O–H groups in total. The van der Waals surface area contributed by atoms with Crippen molar-refractivity contribution in [2.24, 2.45) is 0 Å². The molecule has 126 valence electrons. The molecule has 3 rings (SSSR count). The number of hydrogen-bond acceptors (Lipinski definition) is 3. The number of ketones is 1. The van der Waals surface area contributed by atoms with Gasteiger partial charge in [-0.2, -0.15) is 0 Å². The molecule has 0 fully saturated rings. The molecular formula is C19H17N3O2S. The van der Waals surface area contributed by atoms with E-state index in [0.29, 0.717) is 10.5 Å². The quantitative estimate of drug-likeness (QED) is 0.322. The van der Waals surface area contributed by atoms with Crippen molar-refractivity contribution in [2.75, 3.05) is 5.32 Å². The second-order valence-electron chi connectivity index (χ2n) is 5.69. The van der Waals surface area contributed by atoms with E-state index >= 15 is 0 Å². The molecule has 0 aliphatic rings. The monoisotopic (exact) mass is 351 g/mol. The zero-order valence-corrected chi connectivity index (χ0v) is 14.7. The van der Waals surface area contributed by atoms with Crippen molar-refractivity contribution in [3.05, 3.63) is 64.4 Å². The first-order valence-corrected chi connectivity index (χ1v) is 8.17. The van der Waals surface area contributed by atoms with Crippen molar-refractivity contribution in [1.82, 2.24) is 9.55 Å². The van der Waals surface area contributed by atoms with Crippen LogP contribution in [0.15, 0.2) is 54.1 Å². The molecule has 0 aliphatic heterocycles. The van der Waals surface area contributed by atoms with Gasteiger partial charge in [0.15, 0.2) is 10.6 Å². The van der Waals surface area contributed by atoms with Gasteiger partial charge in [0.2, 0.25) is 0 Å². The number of benzene rings is 2. The summed E-state index contributed by atoms with van der Waals surface area (Å²) in [4.78, 5) is 27.7. The van der Waals surface area contributed by atoms with Crippen molar-refractivity contribution in [3.8, 4) is 0 Å². The molecular weight excluding hydrogens is 334 g/mol. The second-order valence-corrected chi connectivity index (χ2v) is 6.07. The van der Waals surface area contributed by atoms with E-state index < -0.39 is 5.91 Å². The average Bonchev–Trinajstić information content (AvgIpc) is 2.89. The summed E-state index contributed by atoms with van der Waals surface area (Å²) in [6.07, 6.45) is 1.48. The number of anilines is 1. The number of carbonyl (C=O) groups is 2. The van der Waals surface area contributed by atoms with Crippen LogP contribution in [-0.2, 0) is 9.59 Å². The van der Waals surface area contributed by atoms with Gasteiger partial charge < -0.3 is 10.3 Å². The maximum Gasteiger partial charge on any atom is 0.260 e. The fraction of sp³-hybridized carbons (Fsp3) is 0.105. The summed E-state index contributed by atoms with van der Waals surface area (Å²) in [5.74, 6) is -0.799. The first-order valence-electron chi connectivity index (χ1n) is 7.76. The maximum absolute atomic E-state index is 12.6. The molecule has 0 saturated carbocycles. The predicted molar refractivity (Wildman–Crippen MR) is 102 cm³/mol. The van der Waals surface area contributed by atoms with E-state index in [4.69, 9.17) is 12.2 Å². The highest BCUT2D eigenvalue weighted by molar-refractivity contribution is 7.71. The Bertz CT molecular complexity index is 1060. The molecule has 0 aliphatic carbocycles. The molecule has 2 aromatic carbocycles. The van der Waals surface area contributed by atoms with Gasteiger partial charge in [-0.1, -0.05) is 30.3 Å². The van der Waals surface area contributed by atoms with Gasteiger partial charge in [-0.15, -0.1) is 0 Å². The van der Waals surface area contributed by atoms with E-state index in [1.165, 1.54) is 13.1 Å². The lowest BCUT2D eigenvalue weighted by Crippen LogP contribution is -2.20. The van der Waals surface area contributed by atoms with Crippen LogP contribution in [0.1, 0.15) is 12.5 Å². The number of para-hydroxylation sites is 3. The number of H-pyrrole nitrogens is 1. The summed E-state index contributed by atoms with van der Waals surface area (Å²) in [6, 6.07) is 14.9. The van der Waals surface area contributed by atoms with Crippen LogP contribution >= 0.6 is 12.2 Å². The Morgan fingerprint density at radius 2 is 1.80 bits per heavy atom. The standard InChI is InChI=1S/C19H17N3O2S/c1-12-7-3-4-8-15(12)20-18(24)14(13(2)23)11-22-17-10-6-5-9-16(17)21-19(22)25/h3-11H,1-2H3,(H,20,24)(H,21,25)/b14-11+. The van der Waals surface area contributed by atoms with Crippen LogP contribution in [0.2, 0.25) is 0 Å². The van der Waals surface area contributed by atoms with Gasteiger partial charge in [0, 0.05) is 11.9 Å². The maximum atomic E-state index is 12.6. The molecule has 1 heterocycles. The minimum atomic E-state index is -0.464. The van der Waals surface area contributed by atoms with Crippen LogP contribution in [0.3, 0.4) is 0 Å². The van der Waals surface area contributed by atoms with E-state index in [1.807, 2.05) is 49.4 Å². The number of carbonyl (C=O) groups excluding carboxylic acids is 2. The number of fused-ring (bicyclic) bond motifs is 1. The molecule has 25 heavy (non-hydrogen) atoms. The van der Waals surface area contributed by atoms with Gasteiger partial charge >= 0.3 is 0 Å². The lowest BCUT2D eigenvalue weighted by Gasteiger charge is -2.09. The molecule has 6 heteroatoms. The summed E-state index contributed by atoms with van der Waals surface area (Å²) in [5, 5.41) is 2.79. The fourth-order valence-electron chi connectivity index (χ4n) is 2.54. The first-order chi connectivity index (χ1) is 12.0. The molecule has 1 amide bonds. The van der Waals surface area contributed by atoms with Gasteiger partial charge in [-0.25, -0.2) is 0 Å². The normalized spacial score (nSPS) is 11.5. The molecule has 5 nitrogen and oxygen atoms in total. The average molecular weight is 351 g/mol. The third-order valence-electron chi connectivity index (χ3n) is 3.90. The summed E-state index contributed by atoms with van der Waals surface area (Å²) in [7, 11) is 0. The van der Waals surface area contributed by atoms with E-state index in [9.17, 15) is 9.59 Å². The molecule has 0 unspecified atom stereocenters. The van der Waals surface area contributed by atoms with E-state index in [-0.39, 0.29) is 11.4 Å². The van der Waals surface area contributed by atoms with Crippen molar-refractivity contribution < 1.29 is 9.59 Å². The van der Waals surface area contributed by atoms with Crippen LogP contribution < -0.4 is 5.32 Å². The number of rotatable bonds is 4. The number of nitrogens with zero attached hydrogens (tertiary/aromatic N) is 1. The van der Waals surface area contributed by atoms with Gasteiger partial charge in [-0.05, 0) is 49.8 Å². The summed E-state index contributed by atoms with van der Waals surface area (Å²) >= 11 is 5.31. The third kappa shape index (κ3) is 3.44. The zero-order valence-electron chi connectivity index (χ0n) is 13.9. The topological polar surface area (TPSA) is 66.9 Å². The summed E-state index contributed by atoms with van der Waals surface area (Å²) in [5.41, 5.74) is 3.26. The first kappa shape index (κ1) is 16.9. The molecule has 0 radical (unpaired) electrons. The van der Waals surface area contributed by atoms with Crippen molar-refractivity contribution >= 4 is 46.8 Å². The lowest BCUT2D eigenvalue weighted by atomic mass is 10.1. The number of nitrogens with one attached hydrogen (secondary N) is 2. The molecule has 3 aromatic rings. The Morgan fingerprint density at radius 3 is 2.52 bits per heavy atom. The molecule has 0 atom stereocenters. The van der Waals surface area contributed by atoms with Crippen LogP contribution in [0.5, 0.6) is 0 Å². The van der Waals surface area contributed by atoms with Crippen molar-refractivity contribution in [3.63, 3.8) is 0 Å². The fourth-order valence-corrected chi connectivity index (χ4v) is 2.80. The Hall–Kier alpha value is -2.99.